The van der Waals surface area contributed by atoms with Gasteiger partial charge in [0.1, 0.15) is 0 Å². The van der Waals surface area contributed by atoms with Crippen molar-refractivity contribution in [1.29, 1.82) is 0 Å². The lowest BCUT2D eigenvalue weighted by molar-refractivity contribution is -0.129. The molecule has 0 radical (unpaired) electrons. The van der Waals surface area contributed by atoms with Crippen LogP contribution in [0.15, 0.2) is 0 Å². The first-order valence-corrected chi connectivity index (χ1v) is 6.40. The summed E-state index contributed by atoms with van der Waals surface area (Å²) in [6.45, 7) is 4.55. The van der Waals surface area contributed by atoms with Crippen LogP contribution in [-0.2, 0) is 9.53 Å². The van der Waals surface area contributed by atoms with Crippen LogP contribution in [0.2, 0.25) is 0 Å². The smallest absolute Gasteiger partial charge is 0.240 e. The summed E-state index contributed by atoms with van der Waals surface area (Å²) in [5.41, 5.74) is -0.308. The summed E-state index contributed by atoms with van der Waals surface area (Å²) in [5.74, 6) is 0.169. The largest absolute Gasteiger partial charge is 0.379 e. The molecule has 2 aliphatic rings. The van der Waals surface area contributed by atoms with Crippen LogP contribution in [0.5, 0.6) is 0 Å². The molecule has 0 bridgehead atoms. The predicted molar refractivity (Wildman–Crippen MR) is 69.5 cm³/mol. The summed E-state index contributed by atoms with van der Waals surface area (Å²) in [6, 6.07) is 0.215. The first-order chi connectivity index (χ1) is 7.77. The lowest BCUT2D eigenvalue weighted by Gasteiger charge is -2.31. The summed E-state index contributed by atoms with van der Waals surface area (Å²) >= 11 is 0. The van der Waals surface area contributed by atoms with E-state index < -0.39 is 0 Å². The number of hydrogen-bond donors (Lipinski definition) is 2. The topological polar surface area (TPSA) is 50.4 Å². The minimum atomic E-state index is -0.308. The normalized spacial score (nSPS) is 32.9. The molecule has 0 aromatic rings. The molecule has 5 heteroatoms. The number of carbonyl (C=O) groups is 1. The minimum Gasteiger partial charge on any atom is -0.379 e. The van der Waals surface area contributed by atoms with Crippen molar-refractivity contribution in [2.24, 2.45) is 0 Å². The second kappa shape index (κ2) is 6.57. The molecule has 0 saturated carbocycles. The third-order valence-corrected chi connectivity index (χ3v) is 3.78. The maximum Gasteiger partial charge on any atom is 0.240 e. The van der Waals surface area contributed by atoms with Gasteiger partial charge in [-0.15, -0.1) is 12.4 Å². The van der Waals surface area contributed by atoms with Crippen LogP contribution in [0.4, 0.5) is 0 Å². The van der Waals surface area contributed by atoms with Crippen molar-refractivity contribution >= 4 is 18.3 Å². The highest BCUT2D eigenvalue weighted by Crippen LogP contribution is 2.23. The quantitative estimate of drug-likeness (QED) is 0.805. The summed E-state index contributed by atoms with van der Waals surface area (Å²) < 4.78 is 5.38. The molecule has 2 rings (SSSR count). The van der Waals surface area contributed by atoms with Gasteiger partial charge in [0, 0.05) is 6.61 Å². The Morgan fingerprint density at radius 2 is 2.35 bits per heavy atom. The molecule has 2 heterocycles. The van der Waals surface area contributed by atoms with E-state index in [0.29, 0.717) is 6.61 Å². The summed E-state index contributed by atoms with van der Waals surface area (Å²) in [7, 11) is 0. The molecule has 0 aromatic carbocycles. The molecule has 17 heavy (non-hydrogen) atoms. The average molecular weight is 263 g/mol. The molecule has 2 atom stereocenters. The Bertz CT molecular complexity index is 249. The van der Waals surface area contributed by atoms with Crippen molar-refractivity contribution in [3.8, 4) is 0 Å². The van der Waals surface area contributed by atoms with Crippen LogP contribution >= 0.6 is 12.4 Å². The Kier molecular flexibility index (Phi) is 5.70. The number of carbonyl (C=O) groups excluding carboxylic acids is 1. The van der Waals surface area contributed by atoms with Crippen LogP contribution in [0.25, 0.3) is 0 Å². The summed E-state index contributed by atoms with van der Waals surface area (Å²) in [4.78, 5) is 12.2. The van der Waals surface area contributed by atoms with E-state index >= 15 is 0 Å². The molecule has 2 fully saturated rings. The van der Waals surface area contributed by atoms with E-state index in [9.17, 15) is 4.79 Å². The molecular formula is C12H23ClN2O2. The van der Waals surface area contributed by atoms with E-state index in [2.05, 4.69) is 17.6 Å². The molecule has 2 unspecified atom stereocenters. The number of rotatable bonds is 3. The molecular weight excluding hydrogens is 240 g/mol. The number of halogens is 1. The zero-order chi connectivity index (χ0) is 11.4. The van der Waals surface area contributed by atoms with E-state index in [1.807, 2.05) is 0 Å². The Balaban J connectivity index is 0.00000144. The van der Waals surface area contributed by atoms with Crippen molar-refractivity contribution in [1.82, 2.24) is 10.6 Å². The van der Waals surface area contributed by atoms with E-state index in [1.165, 1.54) is 0 Å². The molecule has 100 valence electrons. The Hall–Kier alpha value is -0.320. The van der Waals surface area contributed by atoms with Gasteiger partial charge in [-0.05, 0) is 38.6 Å². The van der Waals surface area contributed by atoms with Crippen LogP contribution in [0.3, 0.4) is 0 Å². The fraction of sp³-hybridized carbons (Fsp3) is 0.917. The lowest BCUT2D eigenvalue weighted by Crippen LogP contribution is -2.56. The lowest BCUT2D eigenvalue weighted by atomic mass is 9.92. The van der Waals surface area contributed by atoms with E-state index in [1.54, 1.807) is 0 Å². The zero-order valence-corrected chi connectivity index (χ0v) is 11.3. The van der Waals surface area contributed by atoms with Crippen molar-refractivity contribution < 1.29 is 9.53 Å². The highest BCUT2D eigenvalue weighted by molar-refractivity contribution is 5.86. The van der Waals surface area contributed by atoms with Gasteiger partial charge in [-0.3, -0.25) is 4.79 Å². The fourth-order valence-electron chi connectivity index (χ4n) is 2.64. The zero-order valence-electron chi connectivity index (χ0n) is 10.5. The standard InChI is InChI=1S/C12H22N2O2.ClH/c1-2-12(6-4-7-13-12)11(15)14-10-5-3-8-16-9-10;/h10,13H,2-9H2,1H3,(H,14,15);1H. The van der Waals surface area contributed by atoms with Gasteiger partial charge in [-0.2, -0.15) is 0 Å². The highest BCUT2D eigenvalue weighted by atomic mass is 35.5. The third kappa shape index (κ3) is 3.33. The summed E-state index contributed by atoms with van der Waals surface area (Å²) in [6.07, 6.45) is 5.03. The monoisotopic (exact) mass is 262 g/mol. The first kappa shape index (κ1) is 14.7. The molecule has 0 spiro atoms. The van der Waals surface area contributed by atoms with E-state index in [4.69, 9.17) is 4.74 Å². The minimum absolute atomic E-state index is 0. The second-order valence-electron chi connectivity index (χ2n) is 4.85. The van der Waals surface area contributed by atoms with Gasteiger partial charge in [0.15, 0.2) is 0 Å². The van der Waals surface area contributed by atoms with Crippen molar-refractivity contribution in [2.45, 2.75) is 50.6 Å². The van der Waals surface area contributed by atoms with Gasteiger partial charge in [0.25, 0.3) is 0 Å². The number of amides is 1. The number of nitrogens with one attached hydrogen (secondary N) is 2. The van der Waals surface area contributed by atoms with Gasteiger partial charge in [0.2, 0.25) is 5.91 Å². The maximum atomic E-state index is 12.2. The van der Waals surface area contributed by atoms with Crippen LogP contribution < -0.4 is 10.6 Å². The molecule has 0 aromatic heterocycles. The average Bonchev–Trinajstić information content (AvgIpc) is 2.80. The van der Waals surface area contributed by atoms with Crippen molar-refractivity contribution in [2.75, 3.05) is 19.8 Å². The van der Waals surface area contributed by atoms with Gasteiger partial charge in [0.05, 0.1) is 18.2 Å². The van der Waals surface area contributed by atoms with Crippen LogP contribution in [0.1, 0.15) is 39.0 Å². The molecule has 2 saturated heterocycles. The fourth-order valence-corrected chi connectivity index (χ4v) is 2.64. The second-order valence-corrected chi connectivity index (χ2v) is 4.85. The predicted octanol–water partition coefficient (Wildman–Crippen LogP) is 1.24. The molecule has 1 amide bonds. The van der Waals surface area contributed by atoms with E-state index in [0.717, 1.165) is 45.3 Å². The molecule has 4 nitrogen and oxygen atoms in total. The highest BCUT2D eigenvalue weighted by Gasteiger charge is 2.39. The first-order valence-electron chi connectivity index (χ1n) is 6.40. The SMILES string of the molecule is CCC1(C(=O)NC2CCCOC2)CCCN1.Cl. The van der Waals surface area contributed by atoms with Crippen LogP contribution in [0, 0.1) is 0 Å². The summed E-state index contributed by atoms with van der Waals surface area (Å²) in [5, 5.41) is 6.48. The Labute approximate surface area is 109 Å². The molecule has 0 aliphatic carbocycles. The number of hydrogen-bond acceptors (Lipinski definition) is 3. The maximum absolute atomic E-state index is 12.2. The molecule has 2 N–H and O–H groups in total. The van der Waals surface area contributed by atoms with E-state index in [-0.39, 0.29) is 29.9 Å². The van der Waals surface area contributed by atoms with Crippen LogP contribution in [-0.4, -0.2) is 37.2 Å². The Morgan fingerprint density at radius 3 is 2.88 bits per heavy atom. The van der Waals surface area contributed by atoms with Gasteiger partial charge in [-0.25, -0.2) is 0 Å². The number of ether oxygens (including phenoxy) is 1. The third-order valence-electron chi connectivity index (χ3n) is 3.78. The molecule has 2 aliphatic heterocycles. The van der Waals surface area contributed by atoms with Crippen molar-refractivity contribution in [3.63, 3.8) is 0 Å². The van der Waals surface area contributed by atoms with Gasteiger partial charge in [-0.1, -0.05) is 6.92 Å². The van der Waals surface area contributed by atoms with Gasteiger partial charge < -0.3 is 15.4 Å². The van der Waals surface area contributed by atoms with Crippen molar-refractivity contribution in [3.05, 3.63) is 0 Å². The van der Waals surface area contributed by atoms with Gasteiger partial charge >= 0.3 is 0 Å². The Morgan fingerprint density at radius 1 is 1.53 bits per heavy atom.